The van der Waals surface area contributed by atoms with E-state index in [4.69, 9.17) is 0 Å². The van der Waals surface area contributed by atoms with E-state index in [1.807, 2.05) is 0 Å². The Bertz CT molecular complexity index is 911. The maximum Gasteiger partial charge on any atom is 0.434 e. The molecule has 15 heteroatoms. The van der Waals surface area contributed by atoms with Crippen LogP contribution in [0.5, 0.6) is 0 Å². The van der Waals surface area contributed by atoms with Gasteiger partial charge in [0.1, 0.15) is 4.88 Å². The molecule has 4 rings (SSSR count). The van der Waals surface area contributed by atoms with Crippen LogP contribution in [0.1, 0.15) is 35.4 Å². The number of likely N-dealkylation sites (tertiary alicyclic amines) is 2. The minimum absolute atomic E-state index is 0.111. The molecular formula is C20H25F6N5O3S. The Kier molecular flexibility index (Phi) is 7.10. The van der Waals surface area contributed by atoms with Gasteiger partial charge in [-0.25, -0.2) is 9.78 Å². The van der Waals surface area contributed by atoms with Crippen LogP contribution in [0.2, 0.25) is 0 Å². The number of alkyl halides is 6. The fourth-order valence-electron chi connectivity index (χ4n) is 4.87. The summed E-state index contributed by atoms with van der Waals surface area (Å²) in [4.78, 5) is 34.9. The Balaban J connectivity index is 1.39. The van der Waals surface area contributed by atoms with Crippen molar-refractivity contribution in [1.29, 1.82) is 0 Å². The second-order valence-electron chi connectivity index (χ2n) is 8.86. The molecular weight excluding hydrogens is 504 g/mol. The zero-order chi connectivity index (χ0) is 25.4. The fourth-order valence-corrected chi connectivity index (χ4v) is 5.79. The second kappa shape index (κ2) is 9.64. The molecule has 3 aliphatic rings. The highest BCUT2D eigenvalue weighted by molar-refractivity contribution is 7.17. The average molecular weight is 530 g/mol. The SMILES string of the molecule is O=C(OC(C(F)(F)F)C(F)(F)F)N1CCC2(CCCN2C(=O)c2cnc(N3CCNCC3)s2)CC1. The van der Waals surface area contributed by atoms with Gasteiger partial charge in [0.25, 0.3) is 12.0 Å². The number of hydrogen-bond acceptors (Lipinski definition) is 7. The summed E-state index contributed by atoms with van der Waals surface area (Å²) >= 11 is 1.30. The Morgan fingerprint density at radius 1 is 1.00 bits per heavy atom. The van der Waals surface area contributed by atoms with Crippen molar-refractivity contribution in [3.8, 4) is 0 Å². The van der Waals surface area contributed by atoms with Crippen molar-refractivity contribution in [3.63, 3.8) is 0 Å². The molecule has 0 radical (unpaired) electrons. The molecule has 2 amide bonds. The first-order valence-electron chi connectivity index (χ1n) is 11.2. The van der Waals surface area contributed by atoms with Crippen molar-refractivity contribution < 1.29 is 40.7 Å². The highest BCUT2D eigenvalue weighted by Gasteiger charge is 2.60. The number of halogens is 6. The summed E-state index contributed by atoms with van der Waals surface area (Å²) in [5, 5.41) is 4.00. The van der Waals surface area contributed by atoms with Crippen molar-refractivity contribution in [2.75, 3.05) is 50.7 Å². The van der Waals surface area contributed by atoms with Crippen molar-refractivity contribution in [1.82, 2.24) is 20.1 Å². The number of aromatic nitrogens is 1. The number of nitrogens with one attached hydrogen (secondary N) is 1. The normalized spacial score (nSPS) is 21.2. The number of piperazine rings is 1. The van der Waals surface area contributed by atoms with E-state index < -0.39 is 30.1 Å². The molecule has 3 aliphatic heterocycles. The van der Waals surface area contributed by atoms with Gasteiger partial charge >= 0.3 is 18.4 Å². The van der Waals surface area contributed by atoms with Crippen molar-refractivity contribution in [2.24, 2.45) is 0 Å². The Morgan fingerprint density at radius 2 is 1.63 bits per heavy atom. The third kappa shape index (κ3) is 5.44. The molecule has 1 spiro atoms. The molecule has 0 unspecified atom stereocenters. The van der Waals surface area contributed by atoms with Crippen LogP contribution in [0.15, 0.2) is 6.20 Å². The van der Waals surface area contributed by atoms with Gasteiger partial charge in [-0.05, 0) is 25.7 Å². The summed E-state index contributed by atoms with van der Waals surface area (Å²) in [7, 11) is 0. The molecule has 0 aromatic carbocycles. The molecule has 0 aliphatic carbocycles. The molecule has 1 aromatic rings. The van der Waals surface area contributed by atoms with Crippen LogP contribution in [0.25, 0.3) is 0 Å². The van der Waals surface area contributed by atoms with E-state index in [9.17, 15) is 35.9 Å². The number of carbonyl (C=O) groups is 2. The number of piperidine rings is 1. The van der Waals surface area contributed by atoms with Crippen molar-refractivity contribution in [3.05, 3.63) is 11.1 Å². The first kappa shape index (κ1) is 25.8. The van der Waals surface area contributed by atoms with Crippen LogP contribution < -0.4 is 10.2 Å². The predicted octanol–water partition coefficient (Wildman–Crippen LogP) is 3.25. The summed E-state index contributed by atoms with van der Waals surface area (Å²) < 4.78 is 80.2. The van der Waals surface area contributed by atoms with E-state index >= 15 is 0 Å². The highest BCUT2D eigenvalue weighted by atomic mass is 32.1. The Labute approximate surface area is 201 Å². The molecule has 8 nitrogen and oxygen atoms in total. The number of ether oxygens (including phenoxy) is 1. The number of anilines is 1. The summed E-state index contributed by atoms with van der Waals surface area (Å²) in [5.41, 5.74) is -0.611. The lowest BCUT2D eigenvalue weighted by molar-refractivity contribution is -0.308. The van der Waals surface area contributed by atoms with Crippen LogP contribution >= 0.6 is 11.3 Å². The average Bonchev–Trinajstić information content (AvgIpc) is 3.44. The van der Waals surface area contributed by atoms with Gasteiger partial charge < -0.3 is 24.8 Å². The lowest BCUT2D eigenvalue weighted by atomic mass is 9.85. The number of amides is 2. The zero-order valence-corrected chi connectivity index (χ0v) is 19.4. The van der Waals surface area contributed by atoms with E-state index in [-0.39, 0.29) is 31.8 Å². The molecule has 1 N–H and O–H groups in total. The van der Waals surface area contributed by atoms with Gasteiger partial charge in [-0.1, -0.05) is 11.3 Å². The highest BCUT2D eigenvalue weighted by Crippen LogP contribution is 2.41. The van der Waals surface area contributed by atoms with E-state index in [2.05, 4.69) is 19.9 Å². The number of nitrogens with zero attached hydrogens (tertiary/aromatic N) is 4. The third-order valence-electron chi connectivity index (χ3n) is 6.70. The molecule has 0 bridgehead atoms. The van der Waals surface area contributed by atoms with Gasteiger partial charge in [0.05, 0.1) is 6.20 Å². The summed E-state index contributed by atoms with van der Waals surface area (Å²) in [6.07, 6.45) is -14.0. The largest absolute Gasteiger partial charge is 0.434 e. The number of rotatable bonds is 3. The summed E-state index contributed by atoms with van der Waals surface area (Å²) in [6.45, 7) is 3.47. The lowest BCUT2D eigenvalue weighted by Crippen LogP contribution is -2.56. The smallest absolute Gasteiger partial charge is 0.426 e. The van der Waals surface area contributed by atoms with Gasteiger partial charge in [0.2, 0.25) is 0 Å². The maximum absolute atomic E-state index is 13.3. The first-order valence-corrected chi connectivity index (χ1v) is 12.0. The monoisotopic (exact) mass is 529 g/mol. The van der Waals surface area contributed by atoms with Crippen LogP contribution in [0.3, 0.4) is 0 Å². The van der Waals surface area contributed by atoms with Crippen molar-refractivity contribution in [2.45, 2.75) is 49.7 Å². The van der Waals surface area contributed by atoms with E-state index in [1.54, 1.807) is 4.90 Å². The fraction of sp³-hybridized carbons (Fsp3) is 0.750. The molecule has 35 heavy (non-hydrogen) atoms. The quantitative estimate of drug-likeness (QED) is 0.606. The number of carbonyl (C=O) groups excluding carboxylic acids is 2. The summed E-state index contributed by atoms with van der Waals surface area (Å²) in [6, 6.07) is 0. The third-order valence-corrected chi connectivity index (χ3v) is 7.75. The van der Waals surface area contributed by atoms with E-state index in [1.165, 1.54) is 17.5 Å². The predicted molar refractivity (Wildman–Crippen MR) is 113 cm³/mol. The lowest BCUT2D eigenvalue weighted by Gasteiger charge is -2.44. The maximum atomic E-state index is 13.3. The molecule has 196 valence electrons. The molecule has 4 heterocycles. The Morgan fingerprint density at radius 3 is 2.23 bits per heavy atom. The zero-order valence-electron chi connectivity index (χ0n) is 18.6. The van der Waals surface area contributed by atoms with Gasteiger partial charge in [-0.15, -0.1) is 0 Å². The topological polar surface area (TPSA) is 78.0 Å². The molecule has 0 atom stereocenters. The molecule has 3 saturated heterocycles. The van der Waals surface area contributed by atoms with E-state index in [0.29, 0.717) is 24.3 Å². The minimum atomic E-state index is -5.77. The van der Waals surface area contributed by atoms with Crippen LogP contribution in [0, 0.1) is 0 Å². The van der Waals surface area contributed by atoms with Crippen LogP contribution in [-0.2, 0) is 4.74 Å². The molecule has 0 saturated carbocycles. The minimum Gasteiger partial charge on any atom is -0.426 e. The number of thiazole rings is 1. The molecule has 3 fully saturated rings. The van der Waals surface area contributed by atoms with Gasteiger partial charge in [0.15, 0.2) is 5.13 Å². The van der Waals surface area contributed by atoms with Gasteiger partial charge in [-0.3, -0.25) is 4.79 Å². The van der Waals surface area contributed by atoms with E-state index in [0.717, 1.165) is 36.2 Å². The second-order valence-corrected chi connectivity index (χ2v) is 9.87. The first-order chi connectivity index (χ1) is 16.4. The Hall–Kier alpha value is -2.29. The van der Waals surface area contributed by atoms with Crippen molar-refractivity contribution >= 4 is 28.5 Å². The molecule has 1 aromatic heterocycles. The summed E-state index contributed by atoms with van der Waals surface area (Å²) in [5.74, 6) is -0.202. The van der Waals surface area contributed by atoms with Gasteiger partial charge in [0, 0.05) is 51.4 Å². The standard InChI is InChI=1S/C20H25F6N5O3S/c21-19(22,23)15(20(24,25)26)34-17(33)30-8-3-18(4-9-30)2-1-7-31(18)14(32)13-12-28-16(35-13)29-10-5-27-6-11-29/h12,15,27H,1-11H2. The van der Waals surface area contributed by atoms with Crippen LogP contribution in [0.4, 0.5) is 36.3 Å². The van der Waals surface area contributed by atoms with Crippen LogP contribution in [-0.4, -0.2) is 96.6 Å². The number of hydrogen-bond donors (Lipinski definition) is 1. The van der Waals surface area contributed by atoms with Gasteiger partial charge in [-0.2, -0.15) is 26.3 Å².